The molecule has 112 valence electrons. The van der Waals surface area contributed by atoms with Crippen LogP contribution in [-0.4, -0.2) is 34.8 Å². The second-order valence-electron chi connectivity index (χ2n) is 4.53. The van der Waals surface area contributed by atoms with Crippen molar-refractivity contribution in [1.82, 2.24) is 9.55 Å². The predicted molar refractivity (Wildman–Crippen MR) is 72.4 cm³/mol. The molecule has 1 aromatic heterocycles. The van der Waals surface area contributed by atoms with E-state index in [-0.39, 0.29) is 24.8 Å². The maximum atomic E-state index is 11.8. The first-order chi connectivity index (χ1) is 10.0. The standard InChI is InChI=1S/C13H15N3O5/c1-2-8-6-16(13(19)15-12(8)18)10-4-3-9(21-10)7-20-11(17)5-14/h1,6,9-10H,3-5,7,14H2,(H,15,18,19). The highest BCUT2D eigenvalue weighted by molar-refractivity contribution is 5.71. The van der Waals surface area contributed by atoms with Crippen molar-refractivity contribution in [3.8, 4) is 12.3 Å². The Morgan fingerprint density at radius 1 is 1.57 bits per heavy atom. The molecule has 1 aliphatic rings. The van der Waals surface area contributed by atoms with Crippen LogP contribution >= 0.6 is 0 Å². The Morgan fingerprint density at radius 3 is 3.00 bits per heavy atom. The van der Waals surface area contributed by atoms with E-state index < -0.39 is 23.4 Å². The lowest BCUT2D eigenvalue weighted by atomic mass is 10.2. The number of hydrogen-bond acceptors (Lipinski definition) is 6. The number of hydrogen-bond donors (Lipinski definition) is 2. The topological polar surface area (TPSA) is 116 Å². The maximum absolute atomic E-state index is 11.8. The normalized spacial score (nSPS) is 21.0. The summed E-state index contributed by atoms with van der Waals surface area (Å²) >= 11 is 0. The lowest BCUT2D eigenvalue weighted by Crippen LogP contribution is -2.34. The average molecular weight is 293 g/mol. The SMILES string of the molecule is C#Cc1cn(C2CCC(COC(=O)CN)O2)c(=O)[nH]c1=O. The fourth-order valence-corrected chi connectivity index (χ4v) is 2.06. The average Bonchev–Trinajstić information content (AvgIpc) is 2.93. The molecule has 21 heavy (non-hydrogen) atoms. The third kappa shape index (κ3) is 3.39. The van der Waals surface area contributed by atoms with Gasteiger partial charge in [-0.15, -0.1) is 6.42 Å². The summed E-state index contributed by atoms with van der Waals surface area (Å²) in [5.41, 5.74) is 3.98. The molecule has 1 aliphatic heterocycles. The molecule has 2 atom stereocenters. The molecule has 0 aromatic carbocycles. The molecule has 2 heterocycles. The van der Waals surface area contributed by atoms with Gasteiger partial charge in [0.15, 0.2) is 0 Å². The summed E-state index contributed by atoms with van der Waals surface area (Å²) in [7, 11) is 0. The van der Waals surface area contributed by atoms with Gasteiger partial charge < -0.3 is 15.2 Å². The molecule has 0 amide bonds. The first-order valence-electron chi connectivity index (χ1n) is 6.38. The van der Waals surface area contributed by atoms with Gasteiger partial charge in [-0.25, -0.2) is 4.79 Å². The number of esters is 1. The molecule has 8 nitrogen and oxygen atoms in total. The molecule has 8 heteroatoms. The zero-order chi connectivity index (χ0) is 15.4. The van der Waals surface area contributed by atoms with Gasteiger partial charge in [0.1, 0.15) is 18.4 Å². The van der Waals surface area contributed by atoms with Gasteiger partial charge in [0.25, 0.3) is 5.56 Å². The molecule has 3 N–H and O–H groups in total. The Bertz CT molecular complexity index is 684. The van der Waals surface area contributed by atoms with Crippen LogP contribution in [0.3, 0.4) is 0 Å². The lowest BCUT2D eigenvalue weighted by molar-refractivity contribution is -0.146. The van der Waals surface area contributed by atoms with Crippen molar-refractivity contribution >= 4 is 5.97 Å². The molecular weight excluding hydrogens is 278 g/mol. The van der Waals surface area contributed by atoms with Crippen molar-refractivity contribution < 1.29 is 14.3 Å². The van der Waals surface area contributed by atoms with Crippen molar-refractivity contribution in [2.24, 2.45) is 5.73 Å². The summed E-state index contributed by atoms with van der Waals surface area (Å²) in [6, 6.07) is 0. The van der Waals surface area contributed by atoms with Crippen LogP contribution in [0.1, 0.15) is 24.6 Å². The molecule has 0 spiro atoms. The van der Waals surface area contributed by atoms with Gasteiger partial charge in [0, 0.05) is 6.20 Å². The molecule has 0 bridgehead atoms. The second-order valence-corrected chi connectivity index (χ2v) is 4.53. The van der Waals surface area contributed by atoms with Gasteiger partial charge in [-0.1, -0.05) is 5.92 Å². The summed E-state index contributed by atoms with van der Waals surface area (Å²) < 4.78 is 11.7. The van der Waals surface area contributed by atoms with Gasteiger partial charge in [0.2, 0.25) is 0 Å². The van der Waals surface area contributed by atoms with Gasteiger partial charge in [0.05, 0.1) is 12.6 Å². The van der Waals surface area contributed by atoms with E-state index in [0.29, 0.717) is 12.8 Å². The van der Waals surface area contributed by atoms with Crippen molar-refractivity contribution in [2.45, 2.75) is 25.2 Å². The van der Waals surface area contributed by atoms with E-state index in [1.165, 1.54) is 10.8 Å². The number of H-pyrrole nitrogens is 1. The Kier molecular flexibility index (Phi) is 4.57. The van der Waals surface area contributed by atoms with Crippen molar-refractivity contribution in [3.05, 3.63) is 32.6 Å². The number of rotatable bonds is 4. The van der Waals surface area contributed by atoms with Crippen LogP contribution < -0.4 is 17.0 Å². The lowest BCUT2D eigenvalue weighted by Gasteiger charge is -2.15. The summed E-state index contributed by atoms with van der Waals surface area (Å²) in [5.74, 6) is 1.69. The monoisotopic (exact) mass is 293 g/mol. The molecule has 1 saturated heterocycles. The highest BCUT2D eigenvalue weighted by atomic mass is 16.6. The summed E-state index contributed by atoms with van der Waals surface area (Å²) in [6.07, 6.45) is 6.77. The smallest absolute Gasteiger partial charge is 0.330 e. The highest BCUT2D eigenvalue weighted by Crippen LogP contribution is 2.27. The van der Waals surface area contributed by atoms with Gasteiger partial charge >= 0.3 is 11.7 Å². The zero-order valence-corrected chi connectivity index (χ0v) is 11.2. The molecule has 0 saturated carbocycles. The number of terminal acetylenes is 1. The van der Waals surface area contributed by atoms with E-state index in [1.807, 2.05) is 0 Å². The van der Waals surface area contributed by atoms with Crippen LogP contribution in [0.25, 0.3) is 0 Å². The van der Waals surface area contributed by atoms with E-state index in [4.69, 9.17) is 21.6 Å². The Hall–Kier alpha value is -2.37. The number of aromatic amines is 1. The molecular formula is C13H15N3O5. The number of nitrogens with one attached hydrogen (secondary N) is 1. The van der Waals surface area contributed by atoms with Gasteiger partial charge in [-0.05, 0) is 12.8 Å². The number of aromatic nitrogens is 2. The minimum Gasteiger partial charge on any atom is -0.462 e. The van der Waals surface area contributed by atoms with E-state index in [1.54, 1.807) is 0 Å². The number of nitrogens with two attached hydrogens (primary N) is 1. The summed E-state index contributed by atoms with van der Waals surface area (Å²) in [6.45, 7) is -0.117. The first-order valence-corrected chi connectivity index (χ1v) is 6.38. The number of carbonyl (C=O) groups is 1. The fraction of sp³-hybridized carbons (Fsp3) is 0.462. The second kappa shape index (κ2) is 6.39. The van der Waals surface area contributed by atoms with Crippen molar-refractivity contribution in [2.75, 3.05) is 13.2 Å². The van der Waals surface area contributed by atoms with E-state index in [0.717, 1.165) is 0 Å². The first kappa shape index (κ1) is 15.0. The molecule has 0 aliphatic carbocycles. The third-order valence-corrected chi connectivity index (χ3v) is 3.12. The third-order valence-electron chi connectivity index (χ3n) is 3.12. The van der Waals surface area contributed by atoms with Crippen molar-refractivity contribution in [1.29, 1.82) is 0 Å². The van der Waals surface area contributed by atoms with Crippen LogP contribution in [-0.2, 0) is 14.3 Å². The Morgan fingerprint density at radius 2 is 2.33 bits per heavy atom. The molecule has 2 unspecified atom stereocenters. The highest BCUT2D eigenvalue weighted by Gasteiger charge is 2.28. The zero-order valence-electron chi connectivity index (χ0n) is 11.2. The molecule has 1 aromatic rings. The van der Waals surface area contributed by atoms with Gasteiger partial charge in [-0.3, -0.25) is 19.1 Å². The van der Waals surface area contributed by atoms with Crippen LogP contribution in [0.2, 0.25) is 0 Å². The summed E-state index contributed by atoms with van der Waals surface area (Å²) in [5, 5.41) is 0. The Balaban J connectivity index is 2.08. The van der Waals surface area contributed by atoms with E-state index in [9.17, 15) is 14.4 Å². The number of nitrogens with zero attached hydrogens (tertiary/aromatic N) is 1. The maximum Gasteiger partial charge on any atom is 0.330 e. The quantitative estimate of drug-likeness (QED) is 0.526. The van der Waals surface area contributed by atoms with Crippen LogP contribution in [0.4, 0.5) is 0 Å². The van der Waals surface area contributed by atoms with Crippen LogP contribution in [0.5, 0.6) is 0 Å². The van der Waals surface area contributed by atoms with Crippen LogP contribution in [0, 0.1) is 12.3 Å². The fourth-order valence-electron chi connectivity index (χ4n) is 2.06. The summed E-state index contributed by atoms with van der Waals surface area (Å²) in [4.78, 5) is 36.3. The van der Waals surface area contributed by atoms with Gasteiger partial charge in [-0.2, -0.15) is 0 Å². The number of carbonyl (C=O) groups excluding carboxylic acids is 1. The molecule has 2 rings (SSSR count). The Labute approximate surface area is 119 Å². The predicted octanol–water partition coefficient (Wildman–Crippen LogP) is -1.30. The minimum absolute atomic E-state index is 0.0520. The van der Waals surface area contributed by atoms with E-state index in [2.05, 4.69) is 10.9 Å². The largest absolute Gasteiger partial charge is 0.462 e. The van der Waals surface area contributed by atoms with E-state index >= 15 is 0 Å². The van der Waals surface area contributed by atoms with Crippen molar-refractivity contribution in [3.63, 3.8) is 0 Å². The number of ether oxygens (including phenoxy) is 2. The minimum atomic E-state index is -0.606. The van der Waals surface area contributed by atoms with Crippen LogP contribution in [0.15, 0.2) is 15.8 Å². The molecule has 0 radical (unpaired) electrons. The molecule has 1 fully saturated rings.